The molecule has 3 rings (SSSR count). The molecule has 2 aliphatic rings. The van der Waals surface area contributed by atoms with Gasteiger partial charge in [-0.2, -0.15) is 21.3 Å². The average Bonchev–Trinajstić information content (AvgIpc) is 2.94. The predicted molar refractivity (Wildman–Crippen MR) is 72.4 cm³/mol. The molecule has 1 unspecified atom stereocenters. The van der Waals surface area contributed by atoms with E-state index in [4.69, 9.17) is 15.3 Å². The first-order valence-corrected chi connectivity index (χ1v) is 7.50. The molecule has 0 spiro atoms. The van der Waals surface area contributed by atoms with Gasteiger partial charge in [-0.25, -0.2) is 0 Å². The second kappa shape index (κ2) is 11.2. The minimum absolute atomic E-state index is 0.750. The van der Waals surface area contributed by atoms with Gasteiger partial charge in [-0.15, -0.1) is 0 Å². The van der Waals surface area contributed by atoms with Crippen LogP contribution < -0.4 is 15.3 Å². The van der Waals surface area contributed by atoms with Crippen LogP contribution in [0.25, 0.3) is 5.57 Å². The third-order valence-corrected chi connectivity index (χ3v) is 4.45. The molecular formula is C16H22O3Ti. The summed E-state index contributed by atoms with van der Waals surface area (Å²) in [5, 5.41) is 24.8. The van der Waals surface area contributed by atoms with E-state index < -0.39 is 0 Å². The Bertz CT molecular complexity index is 416. The standard InChI is InChI=1S/C13H13.3CH3O.Ti/c1-3-7-12-10(5-1)9-11-6-2-4-8-13(11)12;3*1-2;/h1,3,5-7H,2,4,8-9H2;3*1H3;/q;3*-1;+3. The molecule has 1 aromatic rings. The van der Waals surface area contributed by atoms with Gasteiger partial charge in [0.2, 0.25) is 0 Å². The van der Waals surface area contributed by atoms with E-state index in [0.717, 1.165) is 25.6 Å². The Hall–Kier alpha value is -0.446. The molecule has 0 amide bonds. The third-order valence-electron chi connectivity index (χ3n) is 3.45. The molecule has 1 aromatic carbocycles. The molecule has 0 radical (unpaired) electrons. The van der Waals surface area contributed by atoms with Gasteiger partial charge in [0.15, 0.2) is 0 Å². The number of fused-ring (bicyclic) bond motifs is 2. The van der Waals surface area contributed by atoms with Gasteiger partial charge < -0.3 is 15.3 Å². The van der Waals surface area contributed by atoms with Crippen LogP contribution in [0.1, 0.15) is 30.4 Å². The number of hydrogen-bond donors (Lipinski definition) is 0. The molecule has 1 atom stereocenters. The fourth-order valence-corrected chi connectivity index (χ4v) is 3.49. The van der Waals surface area contributed by atoms with Crippen molar-refractivity contribution < 1.29 is 35.8 Å². The van der Waals surface area contributed by atoms with Crippen LogP contribution in [0.2, 0.25) is 4.22 Å². The zero-order chi connectivity index (χ0) is 15.5. The molecule has 20 heavy (non-hydrogen) atoms. The predicted octanol–water partition coefficient (Wildman–Crippen LogP) is 0.445. The van der Waals surface area contributed by atoms with E-state index in [2.05, 4.69) is 44.7 Å². The third kappa shape index (κ3) is 4.54. The SMILES string of the molecule is C[O-].C[O-].C[O-].[Ti+3][CH]1CCCC2=C1Cc1ccccc12. The van der Waals surface area contributed by atoms with Crippen LogP contribution >= 0.6 is 0 Å². The molecule has 2 aliphatic carbocycles. The van der Waals surface area contributed by atoms with E-state index in [9.17, 15) is 0 Å². The molecule has 0 bridgehead atoms. The first-order chi connectivity index (χ1) is 9.86. The number of benzene rings is 1. The maximum atomic E-state index is 8.25. The van der Waals surface area contributed by atoms with E-state index >= 15 is 0 Å². The van der Waals surface area contributed by atoms with Crippen LogP contribution in [-0.2, 0) is 26.9 Å². The first-order valence-electron chi connectivity index (χ1n) is 6.60. The van der Waals surface area contributed by atoms with E-state index in [0.29, 0.717) is 0 Å². The zero-order valence-corrected chi connectivity index (χ0v) is 14.0. The molecule has 4 heteroatoms. The van der Waals surface area contributed by atoms with Gasteiger partial charge >= 0.3 is 96.9 Å². The van der Waals surface area contributed by atoms with Crippen molar-refractivity contribution in [2.45, 2.75) is 29.9 Å². The summed E-state index contributed by atoms with van der Waals surface area (Å²) in [7, 11) is 2.25. The molecule has 0 fully saturated rings. The summed E-state index contributed by atoms with van der Waals surface area (Å²) in [4.78, 5) is 0. The maximum absolute atomic E-state index is 8.25. The topological polar surface area (TPSA) is 69.2 Å². The van der Waals surface area contributed by atoms with E-state index in [1.165, 1.54) is 25.7 Å². The van der Waals surface area contributed by atoms with Gasteiger partial charge in [0, 0.05) is 0 Å². The van der Waals surface area contributed by atoms with Crippen LogP contribution in [0.4, 0.5) is 0 Å². The molecule has 0 saturated carbocycles. The second-order valence-corrected chi connectivity index (χ2v) is 5.37. The summed E-state index contributed by atoms with van der Waals surface area (Å²) in [6.45, 7) is 0. The van der Waals surface area contributed by atoms with Crippen LogP contribution in [0.5, 0.6) is 0 Å². The van der Waals surface area contributed by atoms with Crippen LogP contribution in [0, 0.1) is 0 Å². The van der Waals surface area contributed by atoms with Crippen molar-refractivity contribution in [3.63, 3.8) is 0 Å². The van der Waals surface area contributed by atoms with Crippen LogP contribution in [0.3, 0.4) is 0 Å². The van der Waals surface area contributed by atoms with Crippen LogP contribution in [-0.4, -0.2) is 21.3 Å². The van der Waals surface area contributed by atoms with Gasteiger partial charge in [0.1, 0.15) is 0 Å². The van der Waals surface area contributed by atoms with Crippen molar-refractivity contribution in [2.75, 3.05) is 21.3 Å². The molecule has 108 valence electrons. The van der Waals surface area contributed by atoms with E-state index in [-0.39, 0.29) is 0 Å². The summed E-state index contributed by atoms with van der Waals surface area (Å²) < 4.78 is 0.825. The molecule has 0 heterocycles. The van der Waals surface area contributed by atoms with Crippen LogP contribution in [0.15, 0.2) is 29.8 Å². The van der Waals surface area contributed by atoms with Crippen molar-refractivity contribution in [3.8, 4) is 0 Å². The summed E-state index contributed by atoms with van der Waals surface area (Å²) in [6, 6.07) is 8.94. The fourth-order valence-electron chi connectivity index (χ4n) is 2.74. The van der Waals surface area contributed by atoms with Crippen molar-refractivity contribution in [2.24, 2.45) is 0 Å². The van der Waals surface area contributed by atoms with Gasteiger partial charge in [0.25, 0.3) is 0 Å². The molecule has 3 nitrogen and oxygen atoms in total. The number of hydrogen-bond acceptors (Lipinski definition) is 3. The van der Waals surface area contributed by atoms with Gasteiger partial charge in [-0.05, 0) is 0 Å². The monoisotopic (exact) mass is 310 g/mol. The van der Waals surface area contributed by atoms with Crippen molar-refractivity contribution in [1.29, 1.82) is 0 Å². The summed E-state index contributed by atoms with van der Waals surface area (Å²) in [6.07, 6.45) is 5.32. The van der Waals surface area contributed by atoms with Crippen molar-refractivity contribution in [3.05, 3.63) is 41.0 Å². The van der Waals surface area contributed by atoms with E-state index in [1.807, 2.05) is 0 Å². The summed E-state index contributed by atoms with van der Waals surface area (Å²) in [5.74, 6) is 0. The Morgan fingerprint density at radius 3 is 2.25 bits per heavy atom. The molecule has 0 aliphatic heterocycles. The van der Waals surface area contributed by atoms with Gasteiger partial charge in [0.05, 0.1) is 0 Å². The molecule has 0 saturated heterocycles. The Labute approximate surface area is 133 Å². The Balaban J connectivity index is 0.000000538. The number of allylic oxidation sites excluding steroid dienone is 2. The molecule has 0 aromatic heterocycles. The fraction of sp³-hybridized carbons (Fsp3) is 0.500. The van der Waals surface area contributed by atoms with Gasteiger partial charge in [-0.3, -0.25) is 0 Å². The zero-order valence-electron chi connectivity index (χ0n) is 12.4. The molecule has 0 N–H and O–H groups in total. The first kappa shape index (κ1) is 19.6. The minimum atomic E-state index is 0.750. The van der Waals surface area contributed by atoms with Crippen molar-refractivity contribution >= 4 is 5.57 Å². The normalized spacial score (nSPS) is 18.3. The Kier molecular flexibility index (Phi) is 11.0. The van der Waals surface area contributed by atoms with E-state index in [1.54, 1.807) is 22.3 Å². The van der Waals surface area contributed by atoms with Gasteiger partial charge in [-0.1, -0.05) is 0 Å². The molecular weight excluding hydrogens is 288 g/mol. The second-order valence-electron chi connectivity index (χ2n) is 4.28. The Morgan fingerprint density at radius 2 is 1.60 bits per heavy atom. The van der Waals surface area contributed by atoms with Crippen molar-refractivity contribution in [1.82, 2.24) is 0 Å². The average molecular weight is 310 g/mol. The Morgan fingerprint density at radius 1 is 1.00 bits per heavy atom. The number of rotatable bonds is 0. The summed E-state index contributed by atoms with van der Waals surface area (Å²) >= 11 is 2.39. The summed E-state index contributed by atoms with van der Waals surface area (Å²) in [5.41, 5.74) is 6.53. The quantitative estimate of drug-likeness (QED) is 0.653.